The number of esters is 3. The van der Waals surface area contributed by atoms with Crippen LogP contribution in [0.3, 0.4) is 0 Å². The SMILES string of the molecule is CC/C=C\C/C=C\C/C=C\C/C=C\C/C=C\C/C=C\C/C=C\C/C=C\C/C=C\CCCC(=O)OCC(COC(=O)CCCCCCC/C=C\C/C=C\CCC)OC(=O)C/C=C\C/C=C\C/C=C\C/C=C\C/C=C\CC. The molecule has 0 aromatic carbocycles. The predicted octanol–water partition coefficient (Wildman–Crippen LogP) is 19.9. The number of carbonyl (C=O) groups excluding carboxylic acids is 3. The first-order valence-corrected chi connectivity index (χ1v) is 28.9. The van der Waals surface area contributed by atoms with Crippen LogP contribution in [-0.4, -0.2) is 37.2 Å². The summed E-state index contributed by atoms with van der Waals surface area (Å²) < 4.78 is 16.7. The van der Waals surface area contributed by atoms with E-state index in [1.54, 1.807) is 6.08 Å². The Morgan fingerprint density at radius 2 is 0.573 bits per heavy atom. The molecule has 0 aliphatic rings. The third kappa shape index (κ3) is 59.0. The molecule has 0 spiro atoms. The van der Waals surface area contributed by atoms with Gasteiger partial charge in [0.25, 0.3) is 0 Å². The van der Waals surface area contributed by atoms with Gasteiger partial charge in [-0.05, 0) is 135 Å². The monoisotopic (exact) mass is 1030 g/mol. The van der Waals surface area contributed by atoms with Gasteiger partial charge in [-0.1, -0.05) is 241 Å². The lowest BCUT2D eigenvalue weighted by atomic mass is 10.1. The van der Waals surface area contributed by atoms with E-state index in [0.29, 0.717) is 19.3 Å². The summed E-state index contributed by atoms with van der Waals surface area (Å²) in [6.07, 6.45) is 93.2. The quantitative estimate of drug-likeness (QED) is 0.0261. The van der Waals surface area contributed by atoms with Crippen molar-refractivity contribution in [3.63, 3.8) is 0 Å². The molecule has 0 amide bonds. The molecule has 6 nitrogen and oxygen atoms in total. The van der Waals surface area contributed by atoms with Crippen LogP contribution in [0.15, 0.2) is 194 Å². The summed E-state index contributed by atoms with van der Waals surface area (Å²) in [4.78, 5) is 38.0. The van der Waals surface area contributed by atoms with Gasteiger partial charge in [0, 0.05) is 12.8 Å². The molecule has 0 aliphatic carbocycles. The fraction of sp³-hybridized carbons (Fsp3) is 0.493. The number of carbonyl (C=O) groups is 3. The summed E-state index contributed by atoms with van der Waals surface area (Å²) in [6.45, 7) is 6.17. The van der Waals surface area contributed by atoms with E-state index < -0.39 is 12.1 Å². The maximum absolute atomic E-state index is 12.8. The van der Waals surface area contributed by atoms with Gasteiger partial charge < -0.3 is 14.2 Å². The van der Waals surface area contributed by atoms with E-state index in [4.69, 9.17) is 14.2 Å². The third-order valence-corrected chi connectivity index (χ3v) is 11.1. The second kappa shape index (κ2) is 60.8. The van der Waals surface area contributed by atoms with Crippen molar-refractivity contribution in [1.82, 2.24) is 0 Å². The lowest BCUT2D eigenvalue weighted by Crippen LogP contribution is -2.30. The molecule has 0 aliphatic heterocycles. The van der Waals surface area contributed by atoms with E-state index in [0.717, 1.165) is 141 Å². The molecule has 6 heteroatoms. The van der Waals surface area contributed by atoms with Crippen LogP contribution >= 0.6 is 0 Å². The highest BCUT2D eigenvalue weighted by Crippen LogP contribution is 2.11. The van der Waals surface area contributed by atoms with Gasteiger partial charge >= 0.3 is 17.9 Å². The van der Waals surface area contributed by atoms with Gasteiger partial charge in [-0.2, -0.15) is 0 Å². The molecular formula is C69H102O6. The van der Waals surface area contributed by atoms with Crippen molar-refractivity contribution in [2.24, 2.45) is 0 Å². The predicted molar refractivity (Wildman–Crippen MR) is 324 cm³/mol. The van der Waals surface area contributed by atoms with E-state index in [9.17, 15) is 14.4 Å². The number of unbranched alkanes of at least 4 members (excludes halogenated alkanes) is 7. The maximum atomic E-state index is 12.8. The van der Waals surface area contributed by atoms with Crippen LogP contribution in [-0.2, 0) is 28.6 Å². The largest absolute Gasteiger partial charge is 0.462 e. The average molecular weight is 1030 g/mol. The van der Waals surface area contributed by atoms with Gasteiger partial charge in [0.15, 0.2) is 6.10 Å². The Bertz CT molecular complexity index is 1850. The molecule has 0 rings (SSSR count). The van der Waals surface area contributed by atoms with Gasteiger partial charge in [0.05, 0.1) is 6.42 Å². The molecule has 0 N–H and O–H groups in total. The lowest BCUT2D eigenvalue weighted by molar-refractivity contribution is -0.166. The summed E-state index contributed by atoms with van der Waals surface area (Å²) in [6, 6.07) is 0. The Hall–Kier alpha value is -5.75. The minimum absolute atomic E-state index is 0.0704. The smallest absolute Gasteiger partial charge is 0.310 e. The standard InChI is InChI=1S/C69H102O6/c1-4-7-10-13-16-19-22-25-27-28-29-30-31-32-33-34-35-36-37-38-39-40-42-44-47-50-53-56-59-62-68(71)74-65-66(64-73-67(70)61-58-55-52-49-46-43-24-21-18-15-12-9-6-3)75-69(72)63-60-57-54-51-48-45-41-26-23-20-17-14-11-8-5-2/h7-8,10-12,15-17,19-21,24-27,29-30,32-33,35-36,38-39,41-42,44,48,50-51,53,57,60,66H,4-6,9,13-14,18,22-23,28,31,34,37,40,43,45-47,49,52,54-56,58-59,61-65H2,1-3H3/b10-7-,11-8-,15-12-,19-16-,20-17-,24-21-,27-25-,30-29-,33-32-,36-35-,39-38-,41-26-,44-42-,51-48-,53-50-,60-57-. The van der Waals surface area contributed by atoms with Crippen molar-refractivity contribution in [3.05, 3.63) is 194 Å². The molecule has 1 atom stereocenters. The first-order chi connectivity index (χ1) is 37.0. The molecular weight excluding hydrogens is 925 g/mol. The van der Waals surface area contributed by atoms with Crippen molar-refractivity contribution < 1.29 is 28.6 Å². The summed E-state index contributed by atoms with van der Waals surface area (Å²) in [5, 5.41) is 0. The van der Waals surface area contributed by atoms with Gasteiger partial charge in [-0.3, -0.25) is 14.4 Å². The topological polar surface area (TPSA) is 78.9 Å². The van der Waals surface area contributed by atoms with E-state index in [-0.39, 0.29) is 38.0 Å². The van der Waals surface area contributed by atoms with Crippen LogP contribution in [0.1, 0.15) is 201 Å². The van der Waals surface area contributed by atoms with Crippen molar-refractivity contribution in [2.75, 3.05) is 13.2 Å². The molecule has 414 valence electrons. The summed E-state index contributed by atoms with van der Waals surface area (Å²) in [5.41, 5.74) is 0. The van der Waals surface area contributed by atoms with Gasteiger partial charge in [-0.15, -0.1) is 0 Å². The highest BCUT2D eigenvalue weighted by Gasteiger charge is 2.19. The van der Waals surface area contributed by atoms with Crippen LogP contribution in [0.2, 0.25) is 0 Å². The van der Waals surface area contributed by atoms with Crippen molar-refractivity contribution in [1.29, 1.82) is 0 Å². The molecule has 0 aromatic heterocycles. The zero-order valence-electron chi connectivity index (χ0n) is 47.2. The van der Waals surface area contributed by atoms with E-state index >= 15 is 0 Å². The minimum Gasteiger partial charge on any atom is -0.462 e. The molecule has 0 saturated carbocycles. The highest BCUT2D eigenvalue weighted by molar-refractivity contribution is 5.72. The highest BCUT2D eigenvalue weighted by atomic mass is 16.6. The molecule has 0 fully saturated rings. The third-order valence-electron chi connectivity index (χ3n) is 11.1. The second-order valence-corrected chi connectivity index (χ2v) is 18.1. The zero-order valence-corrected chi connectivity index (χ0v) is 47.2. The lowest BCUT2D eigenvalue weighted by Gasteiger charge is -2.18. The Morgan fingerprint density at radius 3 is 0.933 bits per heavy atom. The number of ether oxygens (including phenoxy) is 3. The molecule has 0 saturated heterocycles. The molecule has 0 radical (unpaired) electrons. The fourth-order valence-corrected chi connectivity index (χ4v) is 6.85. The molecule has 0 bridgehead atoms. The number of rotatable bonds is 49. The van der Waals surface area contributed by atoms with Crippen molar-refractivity contribution in [3.8, 4) is 0 Å². The minimum atomic E-state index is -0.874. The first-order valence-electron chi connectivity index (χ1n) is 28.9. The average Bonchev–Trinajstić information content (AvgIpc) is 3.41. The number of allylic oxidation sites excluding steroid dienone is 31. The fourth-order valence-electron chi connectivity index (χ4n) is 6.85. The van der Waals surface area contributed by atoms with E-state index in [1.807, 2.05) is 6.08 Å². The Kier molecular flexibility index (Phi) is 56.1. The Balaban J connectivity index is 4.55. The second-order valence-electron chi connectivity index (χ2n) is 18.1. The Labute approximate surface area is 458 Å². The zero-order chi connectivity index (χ0) is 54.3. The molecule has 0 aromatic rings. The van der Waals surface area contributed by atoms with Crippen LogP contribution in [0.25, 0.3) is 0 Å². The van der Waals surface area contributed by atoms with Gasteiger partial charge in [0.2, 0.25) is 0 Å². The normalized spacial score (nSPS) is 13.6. The van der Waals surface area contributed by atoms with Crippen LogP contribution in [0, 0.1) is 0 Å². The number of hydrogen-bond acceptors (Lipinski definition) is 6. The van der Waals surface area contributed by atoms with E-state index in [2.05, 4.69) is 203 Å². The maximum Gasteiger partial charge on any atom is 0.310 e. The first kappa shape index (κ1) is 69.2. The number of hydrogen-bond donors (Lipinski definition) is 0. The molecule has 1 unspecified atom stereocenters. The Morgan fingerprint density at radius 1 is 0.293 bits per heavy atom. The van der Waals surface area contributed by atoms with Gasteiger partial charge in [-0.25, -0.2) is 0 Å². The molecule has 75 heavy (non-hydrogen) atoms. The van der Waals surface area contributed by atoms with Crippen LogP contribution in [0.4, 0.5) is 0 Å². The summed E-state index contributed by atoms with van der Waals surface area (Å²) in [7, 11) is 0. The van der Waals surface area contributed by atoms with Crippen LogP contribution in [0.5, 0.6) is 0 Å². The van der Waals surface area contributed by atoms with Crippen molar-refractivity contribution >= 4 is 17.9 Å². The van der Waals surface area contributed by atoms with Crippen LogP contribution < -0.4 is 0 Å². The summed E-state index contributed by atoms with van der Waals surface area (Å²) >= 11 is 0. The molecule has 0 heterocycles. The van der Waals surface area contributed by atoms with E-state index in [1.165, 1.54) is 6.42 Å². The van der Waals surface area contributed by atoms with Crippen molar-refractivity contribution in [2.45, 2.75) is 207 Å². The summed E-state index contributed by atoms with van der Waals surface area (Å²) in [5.74, 6) is -1.18. The van der Waals surface area contributed by atoms with Gasteiger partial charge in [0.1, 0.15) is 13.2 Å².